The maximum atomic E-state index is 11.8. The number of nitrogens with zero attached hydrogens (tertiary/aromatic N) is 1. The first-order valence-electron chi connectivity index (χ1n) is 8.48. The van der Waals surface area contributed by atoms with Gasteiger partial charge in [0.05, 0.1) is 13.0 Å². The first-order valence-corrected chi connectivity index (χ1v) is 8.48. The maximum Gasteiger partial charge on any atom is 0.308 e. The fourth-order valence-corrected chi connectivity index (χ4v) is 4.69. The van der Waals surface area contributed by atoms with Crippen LogP contribution < -0.4 is 10.1 Å². The standard InChI is InChI=1S/C18H24N2O3/c1-23-17-5-3-2-4-11(17)14-8-20(10-16(14)18(21)22)9-15-12-6-19-7-13(12)15/h2-5,12-16,19H,6-10H2,1H3,(H,21,22)/t12-,13+,14-,15?,16+/m0/s1. The zero-order valence-corrected chi connectivity index (χ0v) is 13.4. The molecule has 2 heterocycles. The van der Waals surface area contributed by atoms with Gasteiger partial charge in [0, 0.05) is 25.6 Å². The lowest BCUT2D eigenvalue weighted by Gasteiger charge is -2.19. The number of likely N-dealkylation sites (tertiary alicyclic amines) is 1. The van der Waals surface area contributed by atoms with Gasteiger partial charge in [0.15, 0.2) is 0 Å². The van der Waals surface area contributed by atoms with Crippen molar-refractivity contribution in [3.8, 4) is 5.75 Å². The van der Waals surface area contributed by atoms with Crippen LogP contribution in [0.1, 0.15) is 11.5 Å². The summed E-state index contributed by atoms with van der Waals surface area (Å²) in [5, 5.41) is 13.1. The largest absolute Gasteiger partial charge is 0.496 e. The number of para-hydroxylation sites is 1. The molecule has 1 aromatic carbocycles. The van der Waals surface area contributed by atoms with Gasteiger partial charge in [-0.3, -0.25) is 4.79 Å². The fourth-order valence-electron chi connectivity index (χ4n) is 4.69. The average molecular weight is 316 g/mol. The number of hydrogen-bond acceptors (Lipinski definition) is 4. The van der Waals surface area contributed by atoms with Gasteiger partial charge in [0.25, 0.3) is 0 Å². The lowest BCUT2D eigenvalue weighted by atomic mass is 9.88. The van der Waals surface area contributed by atoms with Crippen molar-refractivity contribution in [1.29, 1.82) is 0 Å². The summed E-state index contributed by atoms with van der Waals surface area (Å²) in [7, 11) is 1.65. The van der Waals surface area contributed by atoms with E-state index in [1.807, 2.05) is 24.3 Å². The summed E-state index contributed by atoms with van der Waals surface area (Å²) in [5.41, 5.74) is 1.03. The van der Waals surface area contributed by atoms with Gasteiger partial charge in [0.1, 0.15) is 5.75 Å². The Morgan fingerprint density at radius 3 is 2.74 bits per heavy atom. The Bertz CT molecular complexity index is 596. The topological polar surface area (TPSA) is 61.8 Å². The number of aliphatic carboxylic acids is 1. The van der Waals surface area contributed by atoms with Gasteiger partial charge in [-0.15, -0.1) is 0 Å². The summed E-state index contributed by atoms with van der Waals surface area (Å²) in [4.78, 5) is 14.1. The van der Waals surface area contributed by atoms with Gasteiger partial charge in [-0.2, -0.15) is 0 Å². The van der Waals surface area contributed by atoms with E-state index in [0.717, 1.165) is 55.2 Å². The van der Waals surface area contributed by atoms with E-state index in [1.54, 1.807) is 7.11 Å². The molecule has 5 atom stereocenters. The summed E-state index contributed by atoms with van der Waals surface area (Å²) in [5.74, 6) is 2.19. The fraction of sp³-hybridized carbons (Fsp3) is 0.611. The number of methoxy groups -OCH3 is 1. The molecule has 2 aliphatic heterocycles. The third-order valence-electron chi connectivity index (χ3n) is 5.99. The van der Waals surface area contributed by atoms with Crippen molar-refractivity contribution in [3.63, 3.8) is 0 Å². The van der Waals surface area contributed by atoms with Crippen LogP contribution in [-0.2, 0) is 4.79 Å². The molecule has 0 radical (unpaired) electrons. The molecule has 0 aromatic heterocycles. The molecule has 2 N–H and O–H groups in total. The molecule has 3 fully saturated rings. The highest BCUT2D eigenvalue weighted by Gasteiger charge is 2.54. The molecule has 0 spiro atoms. The van der Waals surface area contributed by atoms with Gasteiger partial charge in [-0.25, -0.2) is 0 Å². The Morgan fingerprint density at radius 2 is 2.04 bits per heavy atom. The first kappa shape index (κ1) is 15.0. The van der Waals surface area contributed by atoms with Crippen LogP contribution in [0.15, 0.2) is 24.3 Å². The van der Waals surface area contributed by atoms with E-state index in [2.05, 4.69) is 10.2 Å². The molecule has 0 amide bonds. The molecule has 124 valence electrons. The molecule has 2 saturated heterocycles. The Labute approximate surface area is 136 Å². The van der Waals surface area contributed by atoms with Crippen LogP contribution in [0.5, 0.6) is 5.75 Å². The number of rotatable bonds is 5. The number of fused-ring (bicyclic) bond motifs is 1. The summed E-state index contributed by atoms with van der Waals surface area (Å²) >= 11 is 0. The summed E-state index contributed by atoms with van der Waals surface area (Å²) in [6.45, 7) is 4.80. The Kier molecular flexibility index (Phi) is 3.77. The van der Waals surface area contributed by atoms with Crippen LogP contribution in [0.2, 0.25) is 0 Å². The third-order valence-corrected chi connectivity index (χ3v) is 5.99. The van der Waals surface area contributed by atoms with Gasteiger partial charge in [-0.1, -0.05) is 18.2 Å². The van der Waals surface area contributed by atoms with Crippen molar-refractivity contribution in [2.24, 2.45) is 23.7 Å². The van der Waals surface area contributed by atoms with Gasteiger partial charge in [-0.05, 0) is 42.5 Å². The predicted octanol–water partition coefficient (Wildman–Crippen LogP) is 1.26. The van der Waals surface area contributed by atoms with Crippen LogP contribution in [0, 0.1) is 23.7 Å². The maximum absolute atomic E-state index is 11.8. The number of carboxylic acids is 1. The Balaban J connectivity index is 1.50. The molecule has 1 aromatic rings. The number of carbonyl (C=O) groups is 1. The van der Waals surface area contributed by atoms with Crippen molar-refractivity contribution in [1.82, 2.24) is 10.2 Å². The molecular weight excluding hydrogens is 292 g/mol. The second-order valence-electron chi connectivity index (χ2n) is 7.16. The second-order valence-corrected chi connectivity index (χ2v) is 7.16. The van der Waals surface area contributed by atoms with Crippen LogP contribution in [0.3, 0.4) is 0 Å². The molecule has 1 saturated carbocycles. The van der Waals surface area contributed by atoms with Crippen molar-refractivity contribution < 1.29 is 14.6 Å². The lowest BCUT2D eigenvalue weighted by Crippen LogP contribution is -2.28. The SMILES string of the molecule is COc1ccccc1[C@@H]1CN(CC2[C@H]3CNC[C@@H]23)C[C@H]1C(=O)O. The molecule has 5 heteroatoms. The quantitative estimate of drug-likeness (QED) is 0.856. The minimum absolute atomic E-state index is 0.0142. The molecule has 23 heavy (non-hydrogen) atoms. The molecular formula is C18H24N2O3. The zero-order chi connectivity index (χ0) is 16.0. The van der Waals surface area contributed by atoms with Crippen molar-refractivity contribution in [2.75, 3.05) is 39.8 Å². The summed E-state index contributed by atoms with van der Waals surface area (Å²) < 4.78 is 5.46. The molecule has 1 unspecified atom stereocenters. The minimum Gasteiger partial charge on any atom is -0.496 e. The molecule has 0 bridgehead atoms. The van der Waals surface area contributed by atoms with Gasteiger partial charge in [0.2, 0.25) is 0 Å². The van der Waals surface area contributed by atoms with E-state index < -0.39 is 5.97 Å². The number of benzene rings is 1. The highest BCUT2D eigenvalue weighted by molar-refractivity contribution is 5.72. The molecule has 4 rings (SSSR count). The summed E-state index contributed by atoms with van der Waals surface area (Å²) in [6, 6.07) is 7.84. The highest BCUT2D eigenvalue weighted by Crippen LogP contribution is 2.50. The number of nitrogens with one attached hydrogen (secondary N) is 1. The third kappa shape index (κ3) is 2.62. The minimum atomic E-state index is -0.693. The van der Waals surface area contributed by atoms with E-state index >= 15 is 0 Å². The molecule has 1 aliphatic carbocycles. The Hall–Kier alpha value is -1.59. The highest BCUT2D eigenvalue weighted by atomic mass is 16.5. The van der Waals surface area contributed by atoms with Crippen LogP contribution >= 0.6 is 0 Å². The van der Waals surface area contributed by atoms with E-state index in [4.69, 9.17) is 4.74 Å². The van der Waals surface area contributed by atoms with Crippen LogP contribution in [0.4, 0.5) is 0 Å². The number of carboxylic acid groups (broad SMARTS) is 1. The van der Waals surface area contributed by atoms with Crippen LogP contribution in [0.25, 0.3) is 0 Å². The molecule has 5 nitrogen and oxygen atoms in total. The van der Waals surface area contributed by atoms with E-state index in [-0.39, 0.29) is 11.8 Å². The smallest absolute Gasteiger partial charge is 0.308 e. The zero-order valence-electron chi connectivity index (χ0n) is 13.4. The lowest BCUT2D eigenvalue weighted by molar-refractivity contribution is -0.141. The monoisotopic (exact) mass is 316 g/mol. The molecule has 3 aliphatic rings. The van der Waals surface area contributed by atoms with Crippen molar-refractivity contribution >= 4 is 5.97 Å². The Morgan fingerprint density at radius 1 is 1.30 bits per heavy atom. The average Bonchev–Trinajstić information content (AvgIpc) is 2.96. The van der Waals surface area contributed by atoms with E-state index in [0.29, 0.717) is 6.54 Å². The number of ether oxygens (including phenoxy) is 1. The predicted molar refractivity (Wildman–Crippen MR) is 86.6 cm³/mol. The second kappa shape index (κ2) is 5.80. The van der Waals surface area contributed by atoms with Crippen LogP contribution in [-0.4, -0.2) is 55.8 Å². The van der Waals surface area contributed by atoms with Crippen molar-refractivity contribution in [3.05, 3.63) is 29.8 Å². The van der Waals surface area contributed by atoms with Gasteiger partial charge >= 0.3 is 5.97 Å². The van der Waals surface area contributed by atoms with Gasteiger partial charge < -0.3 is 20.1 Å². The normalized spacial score (nSPS) is 36.0. The first-order chi connectivity index (χ1) is 11.2. The summed E-state index contributed by atoms with van der Waals surface area (Å²) in [6.07, 6.45) is 0. The van der Waals surface area contributed by atoms with E-state index in [9.17, 15) is 9.90 Å². The number of hydrogen-bond donors (Lipinski definition) is 2. The number of piperidine rings is 1. The van der Waals surface area contributed by atoms with Crippen molar-refractivity contribution in [2.45, 2.75) is 5.92 Å². The van der Waals surface area contributed by atoms with E-state index in [1.165, 1.54) is 0 Å².